The van der Waals surface area contributed by atoms with Gasteiger partial charge in [0.05, 0.1) is 23.3 Å². The summed E-state index contributed by atoms with van der Waals surface area (Å²) in [6.45, 7) is 2.83. The van der Waals surface area contributed by atoms with E-state index in [-0.39, 0.29) is 16.7 Å². The van der Waals surface area contributed by atoms with Crippen LogP contribution in [0.3, 0.4) is 0 Å². The molecule has 1 N–H and O–H groups in total. The average Bonchev–Trinajstić information content (AvgIpc) is 3.26. The average molecular weight is 437 g/mol. The van der Waals surface area contributed by atoms with Crippen molar-refractivity contribution in [1.29, 1.82) is 0 Å². The number of carbonyl (C=O) groups excluding carboxylic acids is 1. The first kappa shape index (κ1) is 22.0. The van der Waals surface area contributed by atoms with Crippen LogP contribution in [0.5, 0.6) is 5.75 Å². The lowest BCUT2D eigenvalue weighted by Crippen LogP contribution is -2.42. The molecule has 2 aromatic rings. The minimum Gasteiger partial charge on any atom is -0.494 e. The number of hydrogen-bond acceptors (Lipinski definition) is 5. The summed E-state index contributed by atoms with van der Waals surface area (Å²) >= 11 is 0. The maximum Gasteiger partial charge on any atom is 0.264 e. The van der Waals surface area contributed by atoms with Crippen LogP contribution in [0, 0.1) is 5.82 Å². The number of ether oxygens (including phenoxy) is 2. The molecule has 30 heavy (non-hydrogen) atoms. The van der Waals surface area contributed by atoms with E-state index in [9.17, 15) is 17.6 Å². The lowest BCUT2D eigenvalue weighted by molar-refractivity contribution is -0.120. The van der Waals surface area contributed by atoms with E-state index in [1.165, 1.54) is 24.3 Å². The summed E-state index contributed by atoms with van der Waals surface area (Å²) in [6.07, 6.45) is 1.73. The molecule has 0 spiro atoms. The second kappa shape index (κ2) is 9.90. The van der Waals surface area contributed by atoms with E-state index in [1.54, 1.807) is 12.1 Å². The van der Waals surface area contributed by atoms with Gasteiger partial charge >= 0.3 is 0 Å². The summed E-state index contributed by atoms with van der Waals surface area (Å²) < 4.78 is 51.7. The maximum atomic E-state index is 13.4. The van der Waals surface area contributed by atoms with Crippen molar-refractivity contribution in [2.75, 3.05) is 30.6 Å². The van der Waals surface area contributed by atoms with Gasteiger partial charge in [0.15, 0.2) is 0 Å². The van der Waals surface area contributed by atoms with Gasteiger partial charge in [-0.05, 0) is 68.3 Å². The van der Waals surface area contributed by atoms with Gasteiger partial charge in [0, 0.05) is 13.2 Å². The Hall–Kier alpha value is -2.65. The monoisotopic (exact) mass is 436 g/mol. The molecule has 7 nitrogen and oxygen atoms in total. The molecule has 3 rings (SSSR count). The Kier molecular flexibility index (Phi) is 7.28. The van der Waals surface area contributed by atoms with Crippen LogP contribution in [0.1, 0.15) is 19.8 Å². The molecular formula is C21H25FN2O5S. The fraction of sp³-hybridized carbons (Fsp3) is 0.381. The Morgan fingerprint density at radius 2 is 1.90 bits per heavy atom. The largest absolute Gasteiger partial charge is 0.494 e. The summed E-state index contributed by atoms with van der Waals surface area (Å²) in [5, 5.41) is 2.72. The standard InChI is InChI=1S/C21H25FN2O5S/c1-2-28-18-9-11-20(12-10-18)30(26,27)24(17-7-5-16(22)6-8-17)15-21(25)23-14-19-4-3-13-29-19/h5-12,19H,2-4,13-15H2,1H3,(H,23,25)/t19-/m0/s1. The molecule has 1 saturated heterocycles. The Balaban J connectivity index is 1.82. The normalized spacial score (nSPS) is 16.3. The third-order valence-electron chi connectivity index (χ3n) is 4.68. The summed E-state index contributed by atoms with van der Waals surface area (Å²) in [5.74, 6) is -0.427. The van der Waals surface area contributed by atoms with Crippen molar-refractivity contribution in [2.45, 2.75) is 30.8 Å². The number of nitrogens with one attached hydrogen (secondary N) is 1. The topological polar surface area (TPSA) is 84.9 Å². The Labute approximate surface area is 175 Å². The van der Waals surface area contributed by atoms with Gasteiger partial charge < -0.3 is 14.8 Å². The highest BCUT2D eigenvalue weighted by Gasteiger charge is 2.28. The van der Waals surface area contributed by atoms with Crippen LogP contribution in [0.15, 0.2) is 53.4 Å². The quantitative estimate of drug-likeness (QED) is 0.653. The van der Waals surface area contributed by atoms with E-state index < -0.39 is 28.3 Å². The number of rotatable bonds is 9. The Bertz CT molecular complexity index is 942. The van der Waals surface area contributed by atoms with Crippen molar-refractivity contribution >= 4 is 21.6 Å². The summed E-state index contributed by atoms with van der Waals surface area (Å²) in [7, 11) is -4.07. The predicted octanol–water partition coefficient (Wildman–Crippen LogP) is 2.71. The Morgan fingerprint density at radius 1 is 1.20 bits per heavy atom. The lowest BCUT2D eigenvalue weighted by Gasteiger charge is -2.24. The molecule has 162 valence electrons. The molecule has 1 heterocycles. The van der Waals surface area contributed by atoms with Gasteiger partial charge in [-0.1, -0.05) is 0 Å². The number of nitrogens with zero attached hydrogens (tertiary/aromatic N) is 1. The van der Waals surface area contributed by atoms with Gasteiger partial charge in [-0.15, -0.1) is 0 Å². The van der Waals surface area contributed by atoms with Crippen molar-refractivity contribution in [3.05, 3.63) is 54.3 Å². The highest BCUT2D eigenvalue weighted by molar-refractivity contribution is 7.92. The van der Waals surface area contributed by atoms with Gasteiger partial charge in [0.2, 0.25) is 5.91 Å². The molecular weight excluding hydrogens is 411 g/mol. The zero-order valence-corrected chi connectivity index (χ0v) is 17.5. The number of hydrogen-bond donors (Lipinski definition) is 1. The second-order valence-corrected chi connectivity index (χ2v) is 8.69. The smallest absolute Gasteiger partial charge is 0.264 e. The van der Waals surface area contributed by atoms with E-state index in [2.05, 4.69) is 5.32 Å². The fourth-order valence-corrected chi connectivity index (χ4v) is 4.56. The third kappa shape index (κ3) is 5.48. The summed E-state index contributed by atoms with van der Waals surface area (Å²) in [5.41, 5.74) is 0.192. The number of benzene rings is 2. The van der Waals surface area contributed by atoms with E-state index in [4.69, 9.17) is 9.47 Å². The zero-order chi connectivity index (χ0) is 21.6. The van der Waals surface area contributed by atoms with Crippen LogP contribution in [0.2, 0.25) is 0 Å². The number of carbonyl (C=O) groups is 1. The van der Waals surface area contributed by atoms with Crippen molar-refractivity contribution in [3.63, 3.8) is 0 Å². The highest BCUT2D eigenvalue weighted by atomic mass is 32.2. The van der Waals surface area contributed by atoms with E-state index in [1.807, 2.05) is 6.92 Å². The van der Waals surface area contributed by atoms with Gasteiger partial charge in [-0.25, -0.2) is 12.8 Å². The molecule has 0 unspecified atom stereocenters. The molecule has 1 amide bonds. The first-order chi connectivity index (χ1) is 14.4. The van der Waals surface area contributed by atoms with Crippen LogP contribution >= 0.6 is 0 Å². The molecule has 1 aliphatic heterocycles. The number of sulfonamides is 1. The molecule has 1 atom stereocenters. The predicted molar refractivity (Wildman–Crippen MR) is 111 cm³/mol. The van der Waals surface area contributed by atoms with Crippen molar-refractivity contribution in [3.8, 4) is 5.75 Å². The first-order valence-corrected chi connectivity index (χ1v) is 11.2. The molecule has 0 bridgehead atoms. The van der Waals surface area contributed by atoms with Crippen molar-refractivity contribution < 1.29 is 27.1 Å². The third-order valence-corrected chi connectivity index (χ3v) is 6.46. The Morgan fingerprint density at radius 3 is 2.50 bits per heavy atom. The lowest BCUT2D eigenvalue weighted by atomic mass is 10.2. The highest BCUT2D eigenvalue weighted by Crippen LogP contribution is 2.25. The number of anilines is 1. The minimum atomic E-state index is -4.07. The first-order valence-electron chi connectivity index (χ1n) is 9.79. The molecule has 2 aromatic carbocycles. The van der Waals surface area contributed by atoms with Crippen LogP contribution in [0.25, 0.3) is 0 Å². The molecule has 1 aliphatic rings. The van der Waals surface area contributed by atoms with Crippen LogP contribution < -0.4 is 14.4 Å². The van der Waals surface area contributed by atoms with Gasteiger partial charge in [0.25, 0.3) is 10.0 Å². The molecule has 9 heteroatoms. The molecule has 1 fully saturated rings. The van der Waals surface area contributed by atoms with Crippen molar-refractivity contribution in [1.82, 2.24) is 5.32 Å². The van der Waals surface area contributed by atoms with Crippen LogP contribution in [-0.2, 0) is 19.6 Å². The molecule has 0 aliphatic carbocycles. The maximum absolute atomic E-state index is 13.4. The van der Waals surface area contributed by atoms with E-state index in [0.717, 1.165) is 29.3 Å². The molecule has 0 saturated carbocycles. The molecule has 0 aromatic heterocycles. The van der Waals surface area contributed by atoms with Crippen molar-refractivity contribution in [2.24, 2.45) is 0 Å². The van der Waals surface area contributed by atoms with Crippen LogP contribution in [-0.4, -0.2) is 46.7 Å². The van der Waals surface area contributed by atoms with Gasteiger partial charge in [0.1, 0.15) is 18.1 Å². The van der Waals surface area contributed by atoms with Gasteiger partial charge in [-0.2, -0.15) is 0 Å². The summed E-state index contributed by atoms with van der Waals surface area (Å²) in [4.78, 5) is 12.5. The van der Waals surface area contributed by atoms with Crippen LogP contribution in [0.4, 0.5) is 10.1 Å². The zero-order valence-electron chi connectivity index (χ0n) is 16.7. The second-order valence-electron chi connectivity index (χ2n) is 6.83. The summed E-state index contributed by atoms with van der Waals surface area (Å²) in [6, 6.07) is 10.9. The molecule has 0 radical (unpaired) electrons. The van der Waals surface area contributed by atoms with E-state index >= 15 is 0 Å². The number of amides is 1. The fourth-order valence-electron chi connectivity index (χ4n) is 3.14. The number of halogens is 1. The minimum absolute atomic E-state index is 0.00204. The van der Waals surface area contributed by atoms with E-state index in [0.29, 0.717) is 25.5 Å². The van der Waals surface area contributed by atoms with Gasteiger partial charge in [-0.3, -0.25) is 9.10 Å². The SMILES string of the molecule is CCOc1ccc(S(=O)(=O)N(CC(=O)NC[C@@H]2CCCO2)c2ccc(F)cc2)cc1.